The molecule has 0 aliphatic carbocycles. The molecule has 0 aromatic carbocycles. The van der Waals surface area contributed by atoms with Gasteiger partial charge < -0.3 is 10.0 Å². The Labute approximate surface area is 102 Å². The Hall–Kier alpha value is -1.77. The van der Waals surface area contributed by atoms with Crippen molar-refractivity contribution >= 4 is 11.5 Å². The van der Waals surface area contributed by atoms with Gasteiger partial charge in [-0.1, -0.05) is 0 Å². The van der Waals surface area contributed by atoms with Gasteiger partial charge in [0.2, 0.25) is 5.82 Å². The summed E-state index contributed by atoms with van der Waals surface area (Å²) < 4.78 is 26.1. The minimum Gasteiger partial charge on any atom is -0.395 e. The second kappa shape index (κ2) is 5.71. The van der Waals surface area contributed by atoms with Crippen molar-refractivity contribution in [3.05, 3.63) is 15.8 Å². The zero-order valence-electron chi connectivity index (χ0n) is 10.0. The van der Waals surface area contributed by atoms with Gasteiger partial charge in [-0.15, -0.1) is 0 Å². The van der Waals surface area contributed by atoms with Crippen LogP contribution < -0.4 is 4.90 Å². The number of rotatable bonds is 6. The van der Waals surface area contributed by atoms with Gasteiger partial charge in [0.15, 0.2) is 0 Å². The van der Waals surface area contributed by atoms with Crippen LogP contribution in [0.1, 0.15) is 5.69 Å². The van der Waals surface area contributed by atoms with E-state index < -0.39 is 17.9 Å². The third-order valence-electron chi connectivity index (χ3n) is 2.37. The van der Waals surface area contributed by atoms with Crippen LogP contribution in [-0.4, -0.2) is 45.9 Å². The lowest BCUT2D eigenvalue weighted by Gasteiger charge is -2.22. The van der Waals surface area contributed by atoms with Crippen molar-refractivity contribution in [2.45, 2.75) is 13.3 Å². The second-order valence-corrected chi connectivity index (χ2v) is 3.70. The summed E-state index contributed by atoms with van der Waals surface area (Å²) in [7, 11) is 1.44. The number of alkyl halides is 2. The highest BCUT2D eigenvalue weighted by Gasteiger charge is 2.29. The Morgan fingerprint density at radius 1 is 1.61 bits per heavy atom. The highest BCUT2D eigenvalue weighted by atomic mass is 19.3. The first-order valence-corrected chi connectivity index (χ1v) is 5.20. The molecule has 0 saturated carbocycles. The van der Waals surface area contributed by atoms with E-state index in [1.54, 1.807) is 0 Å². The molecule has 0 spiro atoms. The van der Waals surface area contributed by atoms with Gasteiger partial charge in [0.25, 0.3) is 6.43 Å². The molecule has 0 unspecified atom stereocenters. The number of anilines is 1. The quantitative estimate of drug-likeness (QED) is 0.604. The van der Waals surface area contributed by atoms with E-state index in [0.717, 1.165) is 4.90 Å². The van der Waals surface area contributed by atoms with Crippen LogP contribution >= 0.6 is 0 Å². The monoisotopic (exact) mass is 264 g/mol. The first-order chi connectivity index (χ1) is 8.38. The molecule has 1 aromatic heterocycles. The Balaban J connectivity index is 3.21. The molecule has 0 radical (unpaired) electrons. The third kappa shape index (κ3) is 2.92. The number of halogens is 2. The molecule has 1 aromatic rings. The van der Waals surface area contributed by atoms with Crippen LogP contribution in [-0.2, 0) is 7.05 Å². The Bertz CT molecular complexity index is 436. The van der Waals surface area contributed by atoms with Crippen LogP contribution in [0.2, 0.25) is 0 Å². The Morgan fingerprint density at radius 2 is 2.22 bits per heavy atom. The molecular formula is C9H14F2N4O3. The van der Waals surface area contributed by atoms with Crippen molar-refractivity contribution in [2.75, 3.05) is 24.6 Å². The van der Waals surface area contributed by atoms with Crippen molar-refractivity contribution < 1.29 is 18.8 Å². The molecule has 0 fully saturated rings. The molecule has 0 amide bonds. The van der Waals surface area contributed by atoms with E-state index in [1.807, 2.05) is 0 Å². The minimum atomic E-state index is -2.66. The summed E-state index contributed by atoms with van der Waals surface area (Å²) in [5, 5.41) is 23.6. The predicted molar refractivity (Wildman–Crippen MR) is 59.9 cm³/mol. The highest BCUT2D eigenvalue weighted by Crippen LogP contribution is 2.31. The van der Waals surface area contributed by atoms with Gasteiger partial charge in [-0.25, -0.2) is 13.5 Å². The number of aryl methyl sites for hydroxylation is 2. The van der Waals surface area contributed by atoms with Crippen molar-refractivity contribution in [1.82, 2.24) is 9.78 Å². The number of aliphatic hydroxyl groups excluding tert-OH is 1. The number of aromatic nitrogens is 2. The van der Waals surface area contributed by atoms with Gasteiger partial charge in [-0.2, -0.15) is 5.10 Å². The fourth-order valence-electron chi connectivity index (χ4n) is 1.77. The molecule has 0 aliphatic heterocycles. The fraction of sp³-hybridized carbons (Fsp3) is 0.667. The molecular weight excluding hydrogens is 250 g/mol. The van der Waals surface area contributed by atoms with Gasteiger partial charge in [0, 0.05) is 13.6 Å². The van der Waals surface area contributed by atoms with E-state index in [4.69, 9.17) is 5.11 Å². The van der Waals surface area contributed by atoms with Crippen LogP contribution in [0.4, 0.5) is 20.3 Å². The van der Waals surface area contributed by atoms with E-state index in [0.29, 0.717) is 0 Å². The number of hydrogen-bond acceptors (Lipinski definition) is 5. The standard InChI is InChI=1S/C9H14F2N4O3/c1-6-8(15(17)18)9(13(2)12-6)14(3-4-16)5-7(10)11/h7,16H,3-5H2,1-2H3. The van der Waals surface area contributed by atoms with E-state index >= 15 is 0 Å². The Morgan fingerprint density at radius 3 is 2.67 bits per heavy atom. The largest absolute Gasteiger partial charge is 0.395 e. The molecule has 18 heavy (non-hydrogen) atoms. The molecule has 9 heteroatoms. The molecule has 1 heterocycles. The number of aliphatic hydroxyl groups is 1. The van der Waals surface area contributed by atoms with Gasteiger partial charge in [-0.05, 0) is 6.92 Å². The van der Waals surface area contributed by atoms with E-state index in [2.05, 4.69) is 5.10 Å². The molecule has 0 saturated heterocycles. The Kier molecular flexibility index (Phi) is 4.54. The lowest BCUT2D eigenvalue weighted by molar-refractivity contribution is -0.384. The lowest BCUT2D eigenvalue weighted by atomic mass is 10.3. The molecule has 102 valence electrons. The molecule has 1 N–H and O–H groups in total. The summed E-state index contributed by atoms with van der Waals surface area (Å²) in [5.74, 6) is -0.0214. The summed E-state index contributed by atoms with van der Waals surface area (Å²) in [6, 6.07) is 0. The van der Waals surface area contributed by atoms with Crippen LogP contribution in [0.5, 0.6) is 0 Å². The van der Waals surface area contributed by atoms with E-state index in [-0.39, 0.29) is 30.4 Å². The maximum Gasteiger partial charge on any atom is 0.333 e. The van der Waals surface area contributed by atoms with Gasteiger partial charge in [0.1, 0.15) is 5.69 Å². The summed E-state index contributed by atoms with van der Waals surface area (Å²) in [6.45, 7) is 0.236. The summed E-state index contributed by atoms with van der Waals surface area (Å²) in [4.78, 5) is 11.3. The normalized spacial score (nSPS) is 11.0. The first kappa shape index (κ1) is 14.3. The average molecular weight is 264 g/mol. The van der Waals surface area contributed by atoms with Gasteiger partial charge in [-0.3, -0.25) is 10.1 Å². The summed E-state index contributed by atoms with van der Waals surface area (Å²) in [6.07, 6.45) is -2.66. The van der Waals surface area contributed by atoms with Crippen molar-refractivity contribution in [3.63, 3.8) is 0 Å². The summed E-state index contributed by atoms with van der Waals surface area (Å²) >= 11 is 0. The van der Waals surface area contributed by atoms with Crippen molar-refractivity contribution in [1.29, 1.82) is 0 Å². The van der Waals surface area contributed by atoms with E-state index in [1.165, 1.54) is 18.7 Å². The molecule has 0 atom stereocenters. The van der Waals surface area contributed by atoms with Crippen LogP contribution in [0.25, 0.3) is 0 Å². The van der Waals surface area contributed by atoms with E-state index in [9.17, 15) is 18.9 Å². The lowest BCUT2D eigenvalue weighted by Crippen LogP contribution is -2.33. The maximum absolute atomic E-state index is 12.4. The zero-order valence-corrected chi connectivity index (χ0v) is 10.0. The average Bonchev–Trinajstić information content (AvgIpc) is 2.52. The highest BCUT2D eigenvalue weighted by molar-refractivity contribution is 5.61. The SMILES string of the molecule is Cc1nn(C)c(N(CCO)CC(F)F)c1[N+](=O)[O-]. The fourth-order valence-corrected chi connectivity index (χ4v) is 1.77. The maximum atomic E-state index is 12.4. The number of hydrogen-bond donors (Lipinski definition) is 1. The van der Waals surface area contributed by atoms with Gasteiger partial charge in [0.05, 0.1) is 18.1 Å². The third-order valence-corrected chi connectivity index (χ3v) is 2.37. The zero-order chi connectivity index (χ0) is 13.9. The smallest absolute Gasteiger partial charge is 0.333 e. The van der Waals surface area contributed by atoms with Gasteiger partial charge >= 0.3 is 5.69 Å². The molecule has 1 rings (SSSR count). The minimum absolute atomic E-state index is 0.0214. The number of nitrogens with zero attached hydrogens (tertiary/aromatic N) is 4. The van der Waals surface area contributed by atoms with Crippen LogP contribution in [0.15, 0.2) is 0 Å². The molecule has 0 aliphatic rings. The van der Waals surface area contributed by atoms with Crippen molar-refractivity contribution in [2.24, 2.45) is 7.05 Å². The molecule has 7 nitrogen and oxygen atoms in total. The predicted octanol–water partition coefficient (Wildman–Crippen LogP) is 0.701. The number of nitro groups is 1. The molecule has 0 bridgehead atoms. The van der Waals surface area contributed by atoms with Crippen molar-refractivity contribution in [3.8, 4) is 0 Å². The second-order valence-electron chi connectivity index (χ2n) is 3.70. The van der Waals surface area contributed by atoms with Crippen LogP contribution in [0, 0.1) is 17.0 Å². The first-order valence-electron chi connectivity index (χ1n) is 5.20. The van der Waals surface area contributed by atoms with Crippen LogP contribution in [0.3, 0.4) is 0 Å². The summed E-state index contributed by atoms with van der Waals surface area (Å²) in [5.41, 5.74) is -0.165. The topological polar surface area (TPSA) is 84.4 Å².